The smallest absolute Gasteiger partial charge is 0.191 e. The second-order valence-corrected chi connectivity index (χ2v) is 5.15. The highest BCUT2D eigenvalue weighted by Gasteiger charge is 2.23. The number of ether oxygens (including phenoxy) is 2. The molecule has 0 spiro atoms. The standard InChI is InChI=1S/C17H18O3/c1-19-15-8-7-12-10-14(6-5-13(12)11-15)17(18)16-4-2-3-9-20-16/h5-8,10-11,16H,2-4,9H2,1H3. The molecular weight excluding hydrogens is 252 g/mol. The quantitative estimate of drug-likeness (QED) is 0.799. The average molecular weight is 270 g/mol. The molecule has 104 valence electrons. The molecule has 1 atom stereocenters. The number of hydrogen-bond donors (Lipinski definition) is 0. The fourth-order valence-corrected chi connectivity index (χ4v) is 2.64. The van der Waals surface area contributed by atoms with Gasteiger partial charge < -0.3 is 9.47 Å². The van der Waals surface area contributed by atoms with Crippen LogP contribution in [0.1, 0.15) is 29.6 Å². The number of benzene rings is 2. The maximum Gasteiger partial charge on any atom is 0.191 e. The molecule has 0 saturated carbocycles. The van der Waals surface area contributed by atoms with Crippen LogP contribution in [-0.2, 0) is 4.74 Å². The van der Waals surface area contributed by atoms with Crippen LogP contribution in [0.25, 0.3) is 10.8 Å². The molecule has 2 aromatic carbocycles. The van der Waals surface area contributed by atoms with E-state index in [9.17, 15) is 4.79 Å². The van der Waals surface area contributed by atoms with Gasteiger partial charge in [0.1, 0.15) is 11.9 Å². The Bertz CT molecular complexity index is 627. The van der Waals surface area contributed by atoms with Gasteiger partial charge in [-0.25, -0.2) is 0 Å². The molecule has 0 bridgehead atoms. The summed E-state index contributed by atoms with van der Waals surface area (Å²) in [6.45, 7) is 0.696. The zero-order valence-corrected chi connectivity index (χ0v) is 11.6. The van der Waals surface area contributed by atoms with Crippen molar-refractivity contribution in [3.05, 3.63) is 42.0 Å². The molecule has 0 amide bonds. The van der Waals surface area contributed by atoms with E-state index in [0.717, 1.165) is 41.3 Å². The summed E-state index contributed by atoms with van der Waals surface area (Å²) in [5.74, 6) is 0.926. The summed E-state index contributed by atoms with van der Waals surface area (Å²) in [4.78, 5) is 12.4. The molecule has 0 aliphatic carbocycles. The molecule has 1 aliphatic heterocycles. The average Bonchev–Trinajstić information content (AvgIpc) is 2.54. The van der Waals surface area contributed by atoms with Gasteiger partial charge >= 0.3 is 0 Å². The van der Waals surface area contributed by atoms with Crippen molar-refractivity contribution in [2.75, 3.05) is 13.7 Å². The van der Waals surface area contributed by atoms with Crippen molar-refractivity contribution in [3.8, 4) is 5.75 Å². The van der Waals surface area contributed by atoms with Crippen molar-refractivity contribution in [1.29, 1.82) is 0 Å². The zero-order valence-electron chi connectivity index (χ0n) is 11.6. The van der Waals surface area contributed by atoms with Gasteiger partial charge in [0, 0.05) is 12.2 Å². The lowest BCUT2D eigenvalue weighted by atomic mass is 9.97. The van der Waals surface area contributed by atoms with Crippen LogP contribution in [-0.4, -0.2) is 25.6 Å². The molecule has 1 unspecified atom stereocenters. The van der Waals surface area contributed by atoms with Crippen molar-refractivity contribution < 1.29 is 14.3 Å². The van der Waals surface area contributed by atoms with E-state index in [0.29, 0.717) is 6.61 Å². The summed E-state index contributed by atoms with van der Waals surface area (Å²) in [6, 6.07) is 11.6. The molecule has 0 aromatic heterocycles. The largest absolute Gasteiger partial charge is 0.497 e. The summed E-state index contributed by atoms with van der Waals surface area (Å²) in [6.07, 6.45) is 2.70. The van der Waals surface area contributed by atoms with Crippen molar-refractivity contribution >= 4 is 16.6 Å². The summed E-state index contributed by atoms with van der Waals surface area (Å²) in [5, 5.41) is 2.12. The van der Waals surface area contributed by atoms with Gasteiger partial charge in [-0.15, -0.1) is 0 Å². The molecule has 1 saturated heterocycles. The van der Waals surface area contributed by atoms with E-state index in [1.54, 1.807) is 7.11 Å². The first-order chi connectivity index (χ1) is 9.78. The Kier molecular flexibility index (Phi) is 3.70. The zero-order chi connectivity index (χ0) is 13.9. The lowest BCUT2D eigenvalue weighted by Crippen LogP contribution is -2.28. The van der Waals surface area contributed by atoms with Crippen molar-refractivity contribution in [2.24, 2.45) is 0 Å². The minimum absolute atomic E-state index is 0.0995. The fourth-order valence-electron chi connectivity index (χ4n) is 2.64. The molecule has 20 heavy (non-hydrogen) atoms. The highest BCUT2D eigenvalue weighted by molar-refractivity contribution is 6.02. The minimum atomic E-state index is -0.264. The first-order valence-corrected chi connectivity index (χ1v) is 7.01. The van der Waals surface area contributed by atoms with Gasteiger partial charge in [-0.05, 0) is 48.2 Å². The number of rotatable bonds is 3. The van der Waals surface area contributed by atoms with Gasteiger partial charge in [0.25, 0.3) is 0 Å². The van der Waals surface area contributed by atoms with Crippen LogP contribution in [0.4, 0.5) is 0 Å². The lowest BCUT2D eigenvalue weighted by Gasteiger charge is -2.21. The van der Waals surface area contributed by atoms with E-state index < -0.39 is 0 Å². The second kappa shape index (κ2) is 5.63. The third-order valence-corrected chi connectivity index (χ3v) is 3.80. The third-order valence-electron chi connectivity index (χ3n) is 3.80. The molecule has 1 aliphatic rings. The molecule has 1 heterocycles. The van der Waals surface area contributed by atoms with Crippen LogP contribution in [0.3, 0.4) is 0 Å². The van der Waals surface area contributed by atoms with Crippen molar-refractivity contribution in [3.63, 3.8) is 0 Å². The molecule has 3 nitrogen and oxygen atoms in total. The highest BCUT2D eigenvalue weighted by atomic mass is 16.5. The van der Waals surface area contributed by atoms with E-state index in [4.69, 9.17) is 9.47 Å². The van der Waals surface area contributed by atoms with Crippen LogP contribution in [0.2, 0.25) is 0 Å². The number of carbonyl (C=O) groups excluding carboxylic acids is 1. The third kappa shape index (κ3) is 2.54. The number of fused-ring (bicyclic) bond motifs is 1. The number of Topliss-reactive ketones (excluding diaryl/α,β-unsaturated/α-hetero) is 1. The summed E-state index contributed by atoms with van der Waals surface area (Å²) in [7, 11) is 1.65. The van der Waals surface area contributed by atoms with Gasteiger partial charge in [0.15, 0.2) is 5.78 Å². The highest BCUT2D eigenvalue weighted by Crippen LogP contribution is 2.24. The molecule has 0 radical (unpaired) electrons. The van der Waals surface area contributed by atoms with Gasteiger partial charge in [-0.1, -0.05) is 18.2 Å². The lowest BCUT2D eigenvalue weighted by molar-refractivity contribution is 0.0186. The molecule has 3 heteroatoms. The first-order valence-electron chi connectivity index (χ1n) is 7.01. The predicted octanol–water partition coefficient (Wildman–Crippen LogP) is 3.60. The number of carbonyl (C=O) groups is 1. The minimum Gasteiger partial charge on any atom is -0.497 e. The normalized spacial score (nSPS) is 18.9. The number of ketones is 1. The van der Waals surface area contributed by atoms with Crippen LogP contribution in [0.15, 0.2) is 36.4 Å². The Labute approximate surface area is 118 Å². The molecule has 2 aromatic rings. The number of methoxy groups -OCH3 is 1. The van der Waals surface area contributed by atoms with Crippen molar-refractivity contribution in [2.45, 2.75) is 25.4 Å². The van der Waals surface area contributed by atoms with Crippen molar-refractivity contribution in [1.82, 2.24) is 0 Å². The Morgan fingerprint density at radius 1 is 1.15 bits per heavy atom. The van der Waals surface area contributed by atoms with E-state index in [1.807, 2.05) is 36.4 Å². The van der Waals surface area contributed by atoms with Crippen LogP contribution >= 0.6 is 0 Å². The van der Waals surface area contributed by atoms with Crippen LogP contribution in [0.5, 0.6) is 5.75 Å². The fraction of sp³-hybridized carbons (Fsp3) is 0.353. The topological polar surface area (TPSA) is 35.5 Å². The second-order valence-electron chi connectivity index (χ2n) is 5.15. The molecule has 0 N–H and O–H groups in total. The summed E-state index contributed by atoms with van der Waals surface area (Å²) >= 11 is 0. The van der Waals surface area contributed by atoms with Gasteiger partial charge in [-0.3, -0.25) is 4.79 Å². The maximum absolute atomic E-state index is 12.4. The predicted molar refractivity (Wildman–Crippen MR) is 78.4 cm³/mol. The van der Waals surface area contributed by atoms with Crippen LogP contribution < -0.4 is 4.74 Å². The maximum atomic E-state index is 12.4. The van der Waals surface area contributed by atoms with Gasteiger partial charge in [-0.2, -0.15) is 0 Å². The van der Waals surface area contributed by atoms with E-state index >= 15 is 0 Å². The Hall–Kier alpha value is -1.87. The SMILES string of the molecule is COc1ccc2cc(C(=O)C3CCCCO3)ccc2c1. The van der Waals surface area contributed by atoms with Gasteiger partial charge in [0.05, 0.1) is 7.11 Å². The summed E-state index contributed by atoms with van der Waals surface area (Å²) in [5.41, 5.74) is 0.731. The van der Waals surface area contributed by atoms with E-state index in [1.165, 1.54) is 0 Å². The number of hydrogen-bond acceptors (Lipinski definition) is 3. The Morgan fingerprint density at radius 2 is 1.95 bits per heavy atom. The van der Waals surface area contributed by atoms with E-state index in [-0.39, 0.29) is 11.9 Å². The van der Waals surface area contributed by atoms with Gasteiger partial charge in [0.2, 0.25) is 0 Å². The molecule has 3 rings (SSSR count). The van der Waals surface area contributed by atoms with E-state index in [2.05, 4.69) is 0 Å². The Morgan fingerprint density at radius 3 is 2.70 bits per heavy atom. The summed E-state index contributed by atoms with van der Waals surface area (Å²) < 4.78 is 10.8. The Balaban J connectivity index is 1.90. The molecular formula is C17H18O3. The monoisotopic (exact) mass is 270 g/mol. The first kappa shape index (κ1) is 13.1. The molecule has 1 fully saturated rings. The van der Waals surface area contributed by atoms with Crippen LogP contribution in [0, 0.1) is 0 Å².